The molecule has 0 bridgehead atoms. The van der Waals surface area contributed by atoms with Gasteiger partial charge in [0.1, 0.15) is 0 Å². The minimum Gasteiger partial charge on any atom is -0.381 e. The lowest BCUT2D eigenvalue weighted by Crippen LogP contribution is -2.36. The van der Waals surface area contributed by atoms with Gasteiger partial charge in [-0.2, -0.15) is 8.78 Å². The second-order valence-electron chi connectivity index (χ2n) is 3.37. The number of alkyl halides is 4. The predicted octanol–water partition coefficient (Wildman–Crippen LogP) is 3.48. The predicted molar refractivity (Wildman–Crippen MR) is 54.8 cm³/mol. The molecule has 1 N–H and O–H groups in total. The van der Waals surface area contributed by atoms with Crippen molar-refractivity contribution in [2.45, 2.75) is 25.4 Å². The number of halogens is 5. The van der Waals surface area contributed by atoms with Crippen molar-refractivity contribution in [1.29, 1.82) is 0 Å². The fraction of sp³-hybridized carbons (Fsp3) is 0.400. The molecular weight excluding hydrogens is 292 g/mol. The van der Waals surface area contributed by atoms with E-state index in [1.807, 2.05) is 0 Å². The zero-order chi connectivity index (χ0) is 12.5. The second kappa shape index (κ2) is 4.71. The Morgan fingerprint density at radius 2 is 1.88 bits per heavy atom. The van der Waals surface area contributed by atoms with Crippen LogP contribution < -0.4 is 0 Å². The minimum atomic E-state index is -3.97. The topological polar surface area (TPSA) is 20.2 Å². The lowest BCUT2D eigenvalue weighted by Gasteiger charge is -2.22. The van der Waals surface area contributed by atoms with Gasteiger partial charge in [-0.15, -0.1) is 0 Å². The molecule has 1 unspecified atom stereocenters. The van der Waals surface area contributed by atoms with Crippen LogP contribution in [0.2, 0.25) is 0 Å². The summed E-state index contributed by atoms with van der Waals surface area (Å²) in [6, 6.07) is 3.41. The van der Waals surface area contributed by atoms with Crippen LogP contribution in [-0.2, 0) is 5.92 Å². The molecule has 0 aromatic heterocycles. The van der Waals surface area contributed by atoms with Crippen LogP contribution >= 0.6 is 15.9 Å². The third kappa shape index (κ3) is 2.55. The van der Waals surface area contributed by atoms with Crippen LogP contribution in [-0.4, -0.2) is 17.6 Å². The van der Waals surface area contributed by atoms with Gasteiger partial charge >= 0.3 is 5.92 Å². The summed E-state index contributed by atoms with van der Waals surface area (Å²) in [5.74, 6) is -3.97. The molecule has 0 heterocycles. The lowest BCUT2D eigenvalue weighted by atomic mass is 10.0. The van der Waals surface area contributed by atoms with Crippen molar-refractivity contribution >= 4 is 15.9 Å². The van der Waals surface area contributed by atoms with Gasteiger partial charge in [0.25, 0.3) is 6.43 Å². The molecule has 1 rings (SSSR count). The van der Waals surface area contributed by atoms with Gasteiger partial charge in [0.05, 0.1) is 0 Å². The minimum absolute atomic E-state index is 0.381. The van der Waals surface area contributed by atoms with Gasteiger partial charge in [0, 0.05) is 10.0 Å². The highest BCUT2D eigenvalue weighted by molar-refractivity contribution is 9.10. The van der Waals surface area contributed by atoms with Crippen LogP contribution in [0, 0.1) is 6.92 Å². The third-order valence-corrected chi connectivity index (χ3v) is 3.02. The van der Waals surface area contributed by atoms with Crippen molar-refractivity contribution in [1.82, 2.24) is 0 Å². The zero-order valence-corrected chi connectivity index (χ0v) is 9.81. The average Bonchev–Trinajstić information content (AvgIpc) is 2.20. The van der Waals surface area contributed by atoms with E-state index in [9.17, 15) is 17.6 Å². The van der Waals surface area contributed by atoms with Crippen molar-refractivity contribution in [3.63, 3.8) is 0 Å². The van der Waals surface area contributed by atoms with E-state index in [4.69, 9.17) is 5.11 Å². The van der Waals surface area contributed by atoms with E-state index >= 15 is 0 Å². The molecule has 0 aliphatic carbocycles. The van der Waals surface area contributed by atoms with E-state index < -0.39 is 24.0 Å². The van der Waals surface area contributed by atoms with Crippen LogP contribution in [0.15, 0.2) is 22.7 Å². The second-order valence-corrected chi connectivity index (χ2v) is 4.22. The molecular formula is C10H9BrF4O. The maximum absolute atomic E-state index is 13.4. The molecule has 1 aromatic carbocycles. The smallest absolute Gasteiger partial charge is 0.304 e. The molecule has 0 aliphatic heterocycles. The van der Waals surface area contributed by atoms with E-state index in [1.165, 1.54) is 6.07 Å². The lowest BCUT2D eigenvalue weighted by molar-refractivity contribution is -0.168. The summed E-state index contributed by atoms with van der Waals surface area (Å²) in [7, 11) is 0. The Balaban J connectivity index is 3.11. The highest BCUT2D eigenvalue weighted by atomic mass is 79.9. The zero-order valence-electron chi connectivity index (χ0n) is 8.22. The number of aliphatic hydroxyl groups is 1. The summed E-state index contributed by atoms with van der Waals surface area (Å²) in [6.07, 6.45) is -6.49. The Kier molecular flexibility index (Phi) is 3.96. The van der Waals surface area contributed by atoms with Crippen LogP contribution in [0.4, 0.5) is 17.6 Å². The van der Waals surface area contributed by atoms with Gasteiger partial charge in [-0.05, 0) is 18.6 Å². The molecule has 0 amide bonds. The van der Waals surface area contributed by atoms with E-state index in [0.29, 0.717) is 10.0 Å². The molecule has 1 atom stereocenters. The number of benzene rings is 1. The maximum Gasteiger partial charge on any atom is 0.304 e. The SMILES string of the molecule is Cc1ccc(C(F)(F)C(O)C(F)F)cc1Br. The third-order valence-electron chi connectivity index (χ3n) is 2.17. The number of aryl methyl sites for hydroxylation is 1. The summed E-state index contributed by atoms with van der Waals surface area (Å²) < 4.78 is 51.2. The molecule has 0 saturated heterocycles. The summed E-state index contributed by atoms with van der Waals surface area (Å²) in [4.78, 5) is 0. The van der Waals surface area contributed by atoms with Crippen molar-refractivity contribution < 1.29 is 22.7 Å². The molecule has 0 saturated carbocycles. The van der Waals surface area contributed by atoms with Gasteiger partial charge in [-0.3, -0.25) is 0 Å². The highest BCUT2D eigenvalue weighted by Crippen LogP contribution is 2.36. The fourth-order valence-corrected chi connectivity index (χ4v) is 1.51. The molecule has 1 nitrogen and oxygen atoms in total. The van der Waals surface area contributed by atoms with Gasteiger partial charge < -0.3 is 5.11 Å². The molecule has 1 aromatic rings. The first kappa shape index (κ1) is 13.4. The monoisotopic (exact) mass is 300 g/mol. The van der Waals surface area contributed by atoms with Gasteiger partial charge in [0.15, 0.2) is 6.10 Å². The molecule has 0 spiro atoms. The largest absolute Gasteiger partial charge is 0.381 e. The first-order valence-corrected chi connectivity index (χ1v) is 5.16. The first-order chi connectivity index (χ1) is 7.26. The molecule has 90 valence electrons. The van der Waals surface area contributed by atoms with E-state index in [0.717, 1.165) is 12.1 Å². The fourth-order valence-electron chi connectivity index (χ4n) is 1.13. The number of aliphatic hydroxyl groups excluding tert-OH is 1. The van der Waals surface area contributed by atoms with E-state index in [2.05, 4.69) is 15.9 Å². The Morgan fingerprint density at radius 3 is 2.31 bits per heavy atom. The number of rotatable bonds is 3. The van der Waals surface area contributed by atoms with Crippen molar-refractivity contribution in [3.8, 4) is 0 Å². The Morgan fingerprint density at radius 1 is 1.31 bits per heavy atom. The van der Waals surface area contributed by atoms with Gasteiger partial charge in [0.2, 0.25) is 0 Å². The standard InChI is InChI=1S/C10H9BrF4O/c1-5-2-3-6(4-7(5)11)10(14,15)8(16)9(12)13/h2-4,8-9,16H,1H3. The summed E-state index contributed by atoms with van der Waals surface area (Å²) in [5, 5.41) is 8.75. The molecule has 0 aliphatic rings. The maximum atomic E-state index is 13.4. The first-order valence-electron chi connectivity index (χ1n) is 4.37. The van der Waals surface area contributed by atoms with Crippen LogP contribution in [0.3, 0.4) is 0 Å². The molecule has 16 heavy (non-hydrogen) atoms. The number of hydrogen-bond donors (Lipinski definition) is 1. The average molecular weight is 301 g/mol. The summed E-state index contributed by atoms with van der Waals surface area (Å²) >= 11 is 3.02. The quantitative estimate of drug-likeness (QED) is 0.848. The van der Waals surface area contributed by atoms with Crippen molar-refractivity contribution in [2.75, 3.05) is 0 Å². The van der Waals surface area contributed by atoms with Gasteiger partial charge in [-0.1, -0.05) is 28.1 Å². The number of hydrogen-bond acceptors (Lipinski definition) is 1. The summed E-state index contributed by atoms with van der Waals surface area (Å²) in [6.45, 7) is 1.68. The normalized spacial score (nSPS) is 14.2. The van der Waals surface area contributed by atoms with E-state index in [1.54, 1.807) is 6.92 Å². The Bertz CT molecular complexity index is 381. The van der Waals surface area contributed by atoms with Crippen molar-refractivity contribution in [3.05, 3.63) is 33.8 Å². The Hall–Kier alpha value is -0.620. The van der Waals surface area contributed by atoms with Gasteiger partial charge in [-0.25, -0.2) is 8.78 Å². The van der Waals surface area contributed by atoms with Crippen LogP contribution in [0.5, 0.6) is 0 Å². The Labute approximate surface area is 98.2 Å². The van der Waals surface area contributed by atoms with Crippen LogP contribution in [0.25, 0.3) is 0 Å². The highest BCUT2D eigenvalue weighted by Gasteiger charge is 2.45. The van der Waals surface area contributed by atoms with Crippen molar-refractivity contribution in [2.24, 2.45) is 0 Å². The molecule has 0 fully saturated rings. The molecule has 6 heteroatoms. The van der Waals surface area contributed by atoms with E-state index in [-0.39, 0.29) is 0 Å². The van der Waals surface area contributed by atoms with Crippen LogP contribution in [0.1, 0.15) is 11.1 Å². The molecule has 0 radical (unpaired) electrons. The summed E-state index contributed by atoms with van der Waals surface area (Å²) in [5.41, 5.74) is 0.0591.